The fourth-order valence-electron chi connectivity index (χ4n) is 4.93. The van der Waals surface area contributed by atoms with Crippen molar-refractivity contribution in [3.8, 4) is 28.6 Å². The number of aromatic nitrogens is 5. The smallest absolute Gasteiger partial charge is 0.387 e. The molecule has 0 N–H and O–H groups in total. The summed E-state index contributed by atoms with van der Waals surface area (Å²) in [4.78, 5) is 25.1. The molecule has 0 amide bonds. The molecule has 1 aliphatic rings. The minimum atomic E-state index is -2.95. The first-order valence-electron chi connectivity index (χ1n) is 13.4. The van der Waals surface area contributed by atoms with Crippen LogP contribution in [0.4, 0.5) is 8.78 Å². The van der Waals surface area contributed by atoms with Crippen LogP contribution in [0.25, 0.3) is 38.8 Å². The van der Waals surface area contributed by atoms with Gasteiger partial charge in [0.1, 0.15) is 5.75 Å². The molecule has 0 atom stereocenters. The van der Waals surface area contributed by atoms with E-state index in [-0.39, 0.29) is 17.3 Å². The van der Waals surface area contributed by atoms with E-state index in [1.165, 1.54) is 28.8 Å². The molecule has 0 unspecified atom stereocenters. The zero-order chi connectivity index (χ0) is 28.3. The van der Waals surface area contributed by atoms with E-state index in [0.29, 0.717) is 34.5 Å². The predicted octanol–water partition coefficient (Wildman–Crippen LogP) is 4.13. The van der Waals surface area contributed by atoms with E-state index >= 15 is 0 Å². The summed E-state index contributed by atoms with van der Waals surface area (Å²) in [5.41, 5.74) is 2.40. The monoisotopic (exact) mass is 562 g/mol. The highest BCUT2D eigenvalue weighted by Gasteiger charge is 2.17. The van der Waals surface area contributed by atoms with Crippen molar-refractivity contribution in [2.24, 2.45) is 0 Å². The van der Waals surface area contributed by atoms with Crippen LogP contribution in [0.5, 0.6) is 11.8 Å². The normalized spacial score (nSPS) is 14.2. The fraction of sp³-hybridized carbons (Fsp3) is 0.310. The van der Waals surface area contributed by atoms with E-state index in [1.54, 1.807) is 12.3 Å². The molecule has 0 aliphatic carbocycles. The van der Waals surface area contributed by atoms with Crippen molar-refractivity contribution in [2.75, 3.05) is 39.5 Å². The molecule has 41 heavy (non-hydrogen) atoms. The summed E-state index contributed by atoms with van der Waals surface area (Å²) in [6, 6.07) is 13.4. The van der Waals surface area contributed by atoms with Crippen LogP contribution in [0.1, 0.15) is 6.92 Å². The highest BCUT2D eigenvalue weighted by molar-refractivity contribution is 5.87. The minimum absolute atomic E-state index is 0.0158. The lowest BCUT2D eigenvalue weighted by Gasteiger charge is -2.26. The zero-order valence-corrected chi connectivity index (χ0v) is 22.4. The van der Waals surface area contributed by atoms with Crippen LogP contribution in [0.15, 0.2) is 65.7 Å². The quantitative estimate of drug-likeness (QED) is 0.265. The van der Waals surface area contributed by atoms with E-state index in [4.69, 9.17) is 14.6 Å². The molecular weight excluding hydrogens is 534 g/mol. The lowest BCUT2D eigenvalue weighted by atomic mass is 10.0. The summed E-state index contributed by atoms with van der Waals surface area (Å²) in [6.45, 7) is 4.17. The summed E-state index contributed by atoms with van der Waals surface area (Å²) in [5.74, 6) is -0.0158. The van der Waals surface area contributed by atoms with Crippen LogP contribution in [0.3, 0.4) is 0 Å². The van der Waals surface area contributed by atoms with E-state index in [9.17, 15) is 13.6 Å². The molecule has 0 radical (unpaired) electrons. The van der Waals surface area contributed by atoms with Crippen molar-refractivity contribution in [2.45, 2.75) is 20.1 Å². The van der Waals surface area contributed by atoms with Gasteiger partial charge in [-0.25, -0.2) is 4.98 Å². The second-order valence-corrected chi connectivity index (χ2v) is 9.56. The van der Waals surface area contributed by atoms with Gasteiger partial charge in [0, 0.05) is 48.4 Å². The third-order valence-electron chi connectivity index (χ3n) is 6.92. The van der Waals surface area contributed by atoms with Gasteiger partial charge in [0.25, 0.3) is 5.56 Å². The number of hydrogen-bond donors (Lipinski definition) is 0. The van der Waals surface area contributed by atoms with Crippen molar-refractivity contribution < 1.29 is 23.0 Å². The summed E-state index contributed by atoms with van der Waals surface area (Å²) in [6.07, 6.45) is 3.58. The molecular formula is C29H28F2N6O4. The van der Waals surface area contributed by atoms with Gasteiger partial charge in [-0.1, -0.05) is 6.07 Å². The number of pyridine rings is 1. The number of benzene rings is 2. The van der Waals surface area contributed by atoms with Gasteiger partial charge in [-0.2, -0.15) is 18.9 Å². The Morgan fingerprint density at radius 2 is 1.83 bits per heavy atom. The Balaban J connectivity index is 1.40. The second kappa shape index (κ2) is 11.6. The molecule has 212 valence electrons. The van der Waals surface area contributed by atoms with Gasteiger partial charge in [0.2, 0.25) is 0 Å². The van der Waals surface area contributed by atoms with Crippen molar-refractivity contribution in [3.05, 3.63) is 71.3 Å². The highest BCUT2D eigenvalue weighted by atomic mass is 19.3. The Labute approximate surface area is 233 Å². The van der Waals surface area contributed by atoms with E-state index in [2.05, 4.69) is 19.6 Å². The van der Waals surface area contributed by atoms with Gasteiger partial charge in [-0.3, -0.25) is 18.9 Å². The maximum atomic E-state index is 14.0. The van der Waals surface area contributed by atoms with Crippen molar-refractivity contribution in [1.29, 1.82) is 0 Å². The van der Waals surface area contributed by atoms with Gasteiger partial charge in [-0.05, 0) is 55.0 Å². The molecule has 12 heteroatoms. The Bertz CT molecular complexity index is 1730. The number of ether oxygens (including phenoxy) is 3. The van der Waals surface area contributed by atoms with Crippen molar-refractivity contribution >= 4 is 21.9 Å². The minimum Gasteiger partial charge on any atom is -0.464 e. The van der Waals surface area contributed by atoms with Gasteiger partial charge in [0.15, 0.2) is 5.65 Å². The number of morpholine rings is 1. The number of rotatable bonds is 9. The molecule has 5 aromatic rings. The largest absolute Gasteiger partial charge is 0.464 e. The lowest BCUT2D eigenvalue weighted by Crippen LogP contribution is -2.38. The third-order valence-corrected chi connectivity index (χ3v) is 6.92. The Morgan fingerprint density at radius 1 is 1.02 bits per heavy atom. The van der Waals surface area contributed by atoms with Gasteiger partial charge >= 0.3 is 12.6 Å². The van der Waals surface area contributed by atoms with Crippen LogP contribution in [-0.4, -0.2) is 75.3 Å². The fourth-order valence-corrected chi connectivity index (χ4v) is 4.93. The first-order valence-corrected chi connectivity index (χ1v) is 13.4. The molecule has 1 aliphatic heterocycles. The molecule has 10 nitrogen and oxygen atoms in total. The molecule has 1 fully saturated rings. The zero-order valence-electron chi connectivity index (χ0n) is 22.4. The van der Waals surface area contributed by atoms with Gasteiger partial charge in [-0.15, -0.1) is 0 Å². The number of nitrogens with zero attached hydrogens (tertiary/aromatic N) is 6. The third kappa shape index (κ3) is 5.74. The van der Waals surface area contributed by atoms with Gasteiger partial charge in [0.05, 0.1) is 37.6 Å². The van der Waals surface area contributed by atoms with E-state index < -0.39 is 6.61 Å². The van der Waals surface area contributed by atoms with Gasteiger partial charge < -0.3 is 14.2 Å². The standard InChI is InChI=1S/C29H28F2N6O4/c1-2-40-29-32-17-20-16-24(27(38)37(26(20)33-29)22-4-6-23(7-5-22)41-28(30)31)19-3-8-25-21(15-19)18-36(34-25)10-9-35-11-13-39-14-12-35/h3-8,15-18,28H,2,9-14H2,1H3. The van der Waals surface area contributed by atoms with E-state index in [1.807, 2.05) is 36.0 Å². The number of halogens is 2. The summed E-state index contributed by atoms with van der Waals surface area (Å²) >= 11 is 0. The molecule has 3 aromatic heterocycles. The average Bonchev–Trinajstić information content (AvgIpc) is 3.39. The molecule has 2 aromatic carbocycles. The summed E-state index contributed by atoms with van der Waals surface area (Å²) in [7, 11) is 0. The first kappa shape index (κ1) is 26.8. The Hall–Kier alpha value is -4.42. The van der Waals surface area contributed by atoms with Crippen LogP contribution < -0.4 is 15.0 Å². The highest BCUT2D eigenvalue weighted by Crippen LogP contribution is 2.27. The number of alkyl halides is 2. The molecule has 6 rings (SSSR count). The molecule has 4 heterocycles. The Morgan fingerprint density at radius 3 is 2.59 bits per heavy atom. The predicted molar refractivity (Wildman–Crippen MR) is 149 cm³/mol. The maximum absolute atomic E-state index is 14.0. The topological polar surface area (TPSA) is 96.5 Å². The number of fused-ring (bicyclic) bond motifs is 2. The summed E-state index contributed by atoms with van der Waals surface area (Å²) < 4.78 is 44.1. The average molecular weight is 563 g/mol. The molecule has 0 spiro atoms. The SMILES string of the molecule is CCOc1ncc2cc(-c3ccc4nn(CCN5CCOCC5)cc4c3)c(=O)n(-c3ccc(OC(F)F)cc3)c2n1. The molecule has 0 saturated carbocycles. The van der Waals surface area contributed by atoms with Crippen LogP contribution >= 0.6 is 0 Å². The van der Waals surface area contributed by atoms with Crippen molar-refractivity contribution in [1.82, 2.24) is 29.2 Å². The Kier molecular flexibility index (Phi) is 7.57. The maximum Gasteiger partial charge on any atom is 0.387 e. The molecule has 0 bridgehead atoms. The number of hydrogen-bond acceptors (Lipinski definition) is 8. The summed E-state index contributed by atoms with van der Waals surface area (Å²) in [5, 5.41) is 6.22. The lowest BCUT2D eigenvalue weighted by molar-refractivity contribution is -0.0498. The van der Waals surface area contributed by atoms with Crippen LogP contribution in [-0.2, 0) is 11.3 Å². The first-order chi connectivity index (χ1) is 20.0. The van der Waals surface area contributed by atoms with Crippen molar-refractivity contribution in [3.63, 3.8) is 0 Å². The molecule has 1 saturated heterocycles. The van der Waals surface area contributed by atoms with Crippen LogP contribution in [0, 0.1) is 0 Å². The second-order valence-electron chi connectivity index (χ2n) is 9.56. The van der Waals surface area contributed by atoms with Crippen LogP contribution in [0.2, 0.25) is 0 Å². The van der Waals surface area contributed by atoms with E-state index in [0.717, 1.165) is 50.3 Å².